The molecule has 1 unspecified atom stereocenters. The van der Waals surface area contributed by atoms with E-state index in [2.05, 4.69) is 11.4 Å². The van der Waals surface area contributed by atoms with Crippen LogP contribution in [-0.2, 0) is 6.42 Å². The molecule has 3 N–H and O–H groups in total. The average molecular weight is 225 g/mol. The highest BCUT2D eigenvalue weighted by atomic mass is 35.5. The van der Waals surface area contributed by atoms with Crippen LogP contribution in [0, 0.1) is 0 Å². The summed E-state index contributed by atoms with van der Waals surface area (Å²) in [5.41, 5.74) is 7.61. The summed E-state index contributed by atoms with van der Waals surface area (Å²) in [6, 6.07) is 6.55. The van der Waals surface area contributed by atoms with E-state index in [-0.39, 0.29) is 0 Å². The van der Waals surface area contributed by atoms with Gasteiger partial charge in [-0.25, -0.2) is 0 Å². The van der Waals surface area contributed by atoms with Crippen LogP contribution in [0.3, 0.4) is 0 Å². The van der Waals surface area contributed by atoms with Crippen molar-refractivity contribution in [1.29, 1.82) is 0 Å². The zero-order chi connectivity index (χ0) is 10.7. The van der Waals surface area contributed by atoms with Crippen LogP contribution in [0.15, 0.2) is 18.2 Å². The third kappa shape index (κ3) is 2.86. The van der Waals surface area contributed by atoms with Gasteiger partial charge in [-0.05, 0) is 43.5 Å². The fraction of sp³-hybridized carbons (Fsp3) is 0.500. The molecule has 0 spiro atoms. The van der Waals surface area contributed by atoms with Crippen LogP contribution in [0.1, 0.15) is 24.8 Å². The minimum absolute atomic E-state index is 0.610. The van der Waals surface area contributed by atoms with E-state index in [1.165, 1.54) is 24.8 Å². The molecule has 0 aliphatic carbocycles. The molecule has 1 fully saturated rings. The number of nitrogens with two attached hydrogens (primary N) is 1. The largest absolute Gasteiger partial charge is 0.398 e. The highest BCUT2D eigenvalue weighted by Crippen LogP contribution is 2.21. The normalized spacial score (nSPS) is 21.5. The van der Waals surface area contributed by atoms with Crippen molar-refractivity contribution < 1.29 is 0 Å². The Balaban J connectivity index is 2.00. The molecule has 1 aliphatic rings. The number of nitrogen functional groups attached to an aromatic ring is 1. The summed E-state index contributed by atoms with van der Waals surface area (Å²) >= 11 is 5.99. The number of hydrogen-bond donors (Lipinski definition) is 2. The van der Waals surface area contributed by atoms with Gasteiger partial charge < -0.3 is 11.1 Å². The zero-order valence-electron chi connectivity index (χ0n) is 8.80. The second kappa shape index (κ2) is 4.86. The summed E-state index contributed by atoms with van der Waals surface area (Å²) in [5.74, 6) is 0. The first-order chi connectivity index (χ1) is 7.25. The maximum atomic E-state index is 5.99. The van der Waals surface area contributed by atoms with Crippen molar-refractivity contribution >= 4 is 17.3 Å². The molecule has 2 rings (SSSR count). The van der Waals surface area contributed by atoms with Crippen molar-refractivity contribution in [1.82, 2.24) is 5.32 Å². The van der Waals surface area contributed by atoms with Gasteiger partial charge in [0.25, 0.3) is 0 Å². The van der Waals surface area contributed by atoms with Crippen molar-refractivity contribution in [2.45, 2.75) is 31.7 Å². The molecule has 0 amide bonds. The van der Waals surface area contributed by atoms with Crippen LogP contribution in [0.2, 0.25) is 5.02 Å². The summed E-state index contributed by atoms with van der Waals surface area (Å²) in [7, 11) is 0. The predicted molar refractivity (Wildman–Crippen MR) is 65.2 cm³/mol. The van der Waals surface area contributed by atoms with Crippen LogP contribution in [-0.4, -0.2) is 12.6 Å². The van der Waals surface area contributed by atoms with Gasteiger partial charge in [-0.15, -0.1) is 0 Å². The average Bonchev–Trinajstić information content (AvgIpc) is 2.25. The van der Waals surface area contributed by atoms with Gasteiger partial charge in [0.2, 0.25) is 0 Å². The van der Waals surface area contributed by atoms with E-state index in [0.717, 1.165) is 13.0 Å². The number of rotatable bonds is 2. The number of nitrogens with one attached hydrogen (secondary N) is 1. The van der Waals surface area contributed by atoms with Crippen LogP contribution < -0.4 is 11.1 Å². The standard InChI is InChI=1S/C12H17ClN2/c13-11-8-9(4-5-12(11)14)7-10-3-1-2-6-15-10/h4-5,8,10,15H,1-3,6-7,14H2. The van der Waals surface area contributed by atoms with E-state index >= 15 is 0 Å². The smallest absolute Gasteiger partial charge is 0.0638 e. The van der Waals surface area contributed by atoms with Crippen molar-refractivity contribution in [2.75, 3.05) is 12.3 Å². The lowest BCUT2D eigenvalue weighted by Crippen LogP contribution is -2.35. The number of piperidine rings is 1. The first kappa shape index (κ1) is 10.8. The molecule has 1 atom stereocenters. The Morgan fingerprint density at radius 3 is 2.93 bits per heavy atom. The molecular formula is C12H17ClN2. The molecule has 0 bridgehead atoms. The predicted octanol–water partition coefficient (Wildman–Crippen LogP) is 2.61. The van der Waals surface area contributed by atoms with Crippen molar-refractivity contribution in [2.24, 2.45) is 0 Å². The molecule has 15 heavy (non-hydrogen) atoms. The van der Waals surface area contributed by atoms with Crippen LogP contribution in [0.25, 0.3) is 0 Å². The zero-order valence-corrected chi connectivity index (χ0v) is 9.56. The summed E-state index contributed by atoms with van der Waals surface area (Å²) in [5, 5.41) is 4.20. The van der Waals surface area contributed by atoms with Crippen molar-refractivity contribution in [3.05, 3.63) is 28.8 Å². The van der Waals surface area contributed by atoms with Gasteiger partial charge in [0.15, 0.2) is 0 Å². The minimum Gasteiger partial charge on any atom is -0.398 e. The highest BCUT2D eigenvalue weighted by molar-refractivity contribution is 6.33. The van der Waals surface area contributed by atoms with Gasteiger partial charge in [-0.3, -0.25) is 0 Å². The van der Waals surface area contributed by atoms with Crippen molar-refractivity contribution in [3.63, 3.8) is 0 Å². The Kier molecular flexibility index (Phi) is 3.49. The second-order valence-corrected chi connectivity index (χ2v) is 4.61. The SMILES string of the molecule is Nc1ccc(CC2CCCCN2)cc1Cl. The summed E-state index contributed by atoms with van der Waals surface area (Å²) in [6.07, 6.45) is 4.96. The molecule has 1 aromatic rings. The lowest BCUT2D eigenvalue weighted by Gasteiger charge is -2.23. The topological polar surface area (TPSA) is 38.0 Å². The van der Waals surface area contributed by atoms with E-state index in [1.807, 2.05) is 12.1 Å². The number of hydrogen-bond acceptors (Lipinski definition) is 2. The number of benzene rings is 1. The third-order valence-electron chi connectivity index (χ3n) is 2.96. The Hall–Kier alpha value is -0.730. The van der Waals surface area contributed by atoms with E-state index in [0.29, 0.717) is 16.8 Å². The maximum absolute atomic E-state index is 5.99. The van der Waals surface area contributed by atoms with Gasteiger partial charge in [0.05, 0.1) is 10.7 Å². The number of halogens is 1. The first-order valence-corrected chi connectivity index (χ1v) is 5.91. The third-order valence-corrected chi connectivity index (χ3v) is 3.29. The molecule has 0 aromatic heterocycles. The molecular weight excluding hydrogens is 208 g/mol. The van der Waals surface area contributed by atoms with E-state index in [4.69, 9.17) is 17.3 Å². The van der Waals surface area contributed by atoms with Crippen LogP contribution >= 0.6 is 11.6 Å². The number of anilines is 1. The van der Waals surface area contributed by atoms with Gasteiger partial charge in [-0.2, -0.15) is 0 Å². The lowest BCUT2D eigenvalue weighted by atomic mass is 9.98. The highest BCUT2D eigenvalue weighted by Gasteiger charge is 2.13. The second-order valence-electron chi connectivity index (χ2n) is 4.21. The Morgan fingerprint density at radius 2 is 2.27 bits per heavy atom. The molecule has 82 valence electrons. The Morgan fingerprint density at radius 1 is 1.40 bits per heavy atom. The van der Waals surface area contributed by atoms with Crippen molar-refractivity contribution in [3.8, 4) is 0 Å². The Labute approximate surface area is 95.8 Å². The molecule has 1 aliphatic heterocycles. The molecule has 1 saturated heterocycles. The molecule has 3 heteroatoms. The van der Waals surface area contributed by atoms with E-state index in [9.17, 15) is 0 Å². The molecule has 0 radical (unpaired) electrons. The molecule has 2 nitrogen and oxygen atoms in total. The van der Waals surface area contributed by atoms with Gasteiger partial charge in [0, 0.05) is 6.04 Å². The maximum Gasteiger partial charge on any atom is 0.0638 e. The fourth-order valence-electron chi connectivity index (χ4n) is 2.08. The molecule has 0 saturated carbocycles. The van der Waals surface area contributed by atoms with Gasteiger partial charge >= 0.3 is 0 Å². The van der Waals surface area contributed by atoms with E-state index in [1.54, 1.807) is 0 Å². The first-order valence-electron chi connectivity index (χ1n) is 5.53. The molecule has 1 aromatic carbocycles. The minimum atomic E-state index is 0.610. The van der Waals surface area contributed by atoms with Crippen LogP contribution in [0.5, 0.6) is 0 Å². The van der Waals surface area contributed by atoms with E-state index < -0.39 is 0 Å². The van der Waals surface area contributed by atoms with Crippen LogP contribution in [0.4, 0.5) is 5.69 Å². The quantitative estimate of drug-likeness (QED) is 0.758. The summed E-state index contributed by atoms with van der Waals surface area (Å²) < 4.78 is 0. The molecule has 1 heterocycles. The van der Waals surface area contributed by atoms with Gasteiger partial charge in [0.1, 0.15) is 0 Å². The summed E-state index contributed by atoms with van der Waals surface area (Å²) in [6.45, 7) is 1.15. The van der Waals surface area contributed by atoms with Gasteiger partial charge in [-0.1, -0.05) is 24.1 Å². The summed E-state index contributed by atoms with van der Waals surface area (Å²) in [4.78, 5) is 0. The fourth-order valence-corrected chi connectivity index (χ4v) is 2.28. The lowest BCUT2D eigenvalue weighted by molar-refractivity contribution is 0.399. The Bertz CT molecular complexity index is 332. The monoisotopic (exact) mass is 224 g/mol.